The third kappa shape index (κ3) is 4.18. The number of aromatic carboxylic acids is 1. The molecule has 1 atom stereocenters. The van der Waals surface area contributed by atoms with E-state index in [-0.39, 0.29) is 18.1 Å². The maximum absolute atomic E-state index is 12.1. The Morgan fingerprint density at radius 2 is 2.33 bits per heavy atom. The molecule has 1 saturated heterocycles. The molecule has 6 nitrogen and oxygen atoms in total. The summed E-state index contributed by atoms with van der Waals surface area (Å²) in [5, 5.41) is 11.7. The Morgan fingerprint density at radius 1 is 1.52 bits per heavy atom. The third-order valence-electron chi connectivity index (χ3n) is 3.87. The second-order valence-electron chi connectivity index (χ2n) is 5.36. The van der Waals surface area contributed by atoms with Crippen molar-refractivity contribution in [1.29, 1.82) is 0 Å². The topological polar surface area (TPSA) is 82.5 Å². The van der Waals surface area contributed by atoms with E-state index < -0.39 is 5.97 Å². The zero-order chi connectivity index (χ0) is 15.2. The van der Waals surface area contributed by atoms with Crippen LogP contribution in [0.4, 0.5) is 4.79 Å². The summed E-state index contributed by atoms with van der Waals surface area (Å²) in [6.07, 6.45) is 4.76. The van der Waals surface area contributed by atoms with Crippen molar-refractivity contribution in [1.82, 2.24) is 15.2 Å². The van der Waals surface area contributed by atoms with E-state index in [4.69, 9.17) is 5.11 Å². The number of nitrogens with one attached hydrogen (secondary N) is 1. The van der Waals surface area contributed by atoms with Gasteiger partial charge < -0.3 is 15.3 Å². The van der Waals surface area contributed by atoms with E-state index in [9.17, 15) is 9.59 Å². The minimum Gasteiger partial charge on any atom is -0.478 e. The number of carboxylic acids is 1. The zero-order valence-corrected chi connectivity index (χ0v) is 12.2. The van der Waals surface area contributed by atoms with Crippen molar-refractivity contribution in [3.8, 4) is 0 Å². The predicted molar refractivity (Wildman–Crippen MR) is 78.0 cm³/mol. The number of carbonyl (C=O) groups excluding carboxylic acids is 1. The van der Waals surface area contributed by atoms with Crippen LogP contribution in [0.1, 0.15) is 42.2 Å². The third-order valence-corrected chi connectivity index (χ3v) is 3.87. The van der Waals surface area contributed by atoms with Crippen LogP contribution in [0.3, 0.4) is 0 Å². The van der Waals surface area contributed by atoms with E-state index in [0.717, 1.165) is 25.9 Å². The number of pyridine rings is 1. The zero-order valence-electron chi connectivity index (χ0n) is 12.2. The molecule has 0 aromatic carbocycles. The standard InChI is InChI=1S/C15H21N3O3/c1-2-11-4-3-7-18(10-11)15(21)17-9-13-8-12(14(19)20)5-6-16-13/h5-6,8,11H,2-4,7,9-10H2,1H3,(H,17,21)(H,19,20). The molecule has 0 bridgehead atoms. The van der Waals surface area contributed by atoms with Gasteiger partial charge in [0.15, 0.2) is 0 Å². The SMILES string of the molecule is CCC1CCCN(C(=O)NCc2cc(C(=O)O)ccn2)C1. The Labute approximate surface area is 124 Å². The molecular weight excluding hydrogens is 270 g/mol. The van der Waals surface area contributed by atoms with Gasteiger partial charge in [-0.2, -0.15) is 0 Å². The number of carbonyl (C=O) groups is 2. The fourth-order valence-corrected chi connectivity index (χ4v) is 2.57. The molecule has 1 aliphatic heterocycles. The van der Waals surface area contributed by atoms with Crippen molar-refractivity contribution in [2.45, 2.75) is 32.7 Å². The maximum atomic E-state index is 12.1. The Balaban J connectivity index is 1.89. The smallest absolute Gasteiger partial charge is 0.335 e. The Bertz CT molecular complexity index is 519. The van der Waals surface area contributed by atoms with Crippen LogP contribution in [0, 0.1) is 5.92 Å². The predicted octanol–water partition coefficient (Wildman–Crippen LogP) is 2.11. The first-order chi connectivity index (χ1) is 10.1. The summed E-state index contributed by atoms with van der Waals surface area (Å²) < 4.78 is 0. The van der Waals surface area contributed by atoms with Gasteiger partial charge in [-0.15, -0.1) is 0 Å². The summed E-state index contributed by atoms with van der Waals surface area (Å²) in [5.74, 6) is -0.412. The lowest BCUT2D eigenvalue weighted by atomic mass is 9.96. The summed E-state index contributed by atoms with van der Waals surface area (Å²) in [6, 6.07) is 2.81. The summed E-state index contributed by atoms with van der Waals surface area (Å²) in [7, 11) is 0. The highest BCUT2D eigenvalue weighted by molar-refractivity contribution is 5.87. The van der Waals surface area contributed by atoms with E-state index >= 15 is 0 Å². The minimum atomic E-state index is -0.994. The molecule has 2 rings (SSSR count). The highest BCUT2D eigenvalue weighted by atomic mass is 16.4. The molecule has 1 aromatic rings. The summed E-state index contributed by atoms with van der Waals surface area (Å²) >= 11 is 0. The average Bonchev–Trinajstić information content (AvgIpc) is 2.53. The van der Waals surface area contributed by atoms with Crippen LogP contribution in [-0.2, 0) is 6.54 Å². The second kappa shape index (κ2) is 7.06. The molecule has 2 heterocycles. The van der Waals surface area contributed by atoms with Gasteiger partial charge in [-0.25, -0.2) is 9.59 Å². The molecule has 0 aliphatic carbocycles. The molecule has 1 aromatic heterocycles. The first kappa shape index (κ1) is 15.3. The molecule has 21 heavy (non-hydrogen) atoms. The summed E-state index contributed by atoms with van der Waals surface area (Å²) in [4.78, 5) is 28.9. The molecule has 0 saturated carbocycles. The Kier molecular flexibility index (Phi) is 5.14. The number of likely N-dealkylation sites (tertiary alicyclic amines) is 1. The van der Waals surface area contributed by atoms with Gasteiger partial charge in [-0.3, -0.25) is 4.98 Å². The van der Waals surface area contributed by atoms with Crippen molar-refractivity contribution in [3.05, 3.63) is 29.6 Å². The number of urea groups is 1. The van der Waals surface area contributed by atoms with E-state index in [1.807, 2.05) is 4.90 Å². The number of aromatic nitrogens is 1. The molecule has 1 unspecified atom stereocenters. The molecule has 2 amide bonds. The number of rotatable bonds is 4. The lowest BCUT2D eigenvalue weighted by molar-refractivity contribution is 0.0696. The molecule has 0 radical (unpaired) electrons. The van der Waals surface area contributed by atoms with Crippen LogP contribution in [0.15, 0.2) is 18.3 Å². The molecule has 0 spiro atoms. The molecule has 1 fully saturated rings. The van der Waals surface area contributed by atoms with Crippen LogP contribution in [0.5, 0.6) is 0 Å². The van der Waals surface area contributed by atoms with Gasteiger partial charge in [0.05, 0.1) is 17.8 Å². The molecular formula is C15H21N3O3. The van der Waals surface area contributed by atoms with E-state index in [0.29, 0.717) is 11.6 Å². The van der Waals surface area contributed by atoms with Gasteiger partial charge in [-0.05, 0) is 30.9 Å². The highest BCUT2D eigenvalue weighted by Crippen LogP contribution is 2.19. The molecule has 1 aliphatic rings. The monoisotopic (exact) mass is 291 g/mol. The maximum Gasteiger partial charge on any atom is 0.335 e. The van der Waals surface area contributed by atoms with Crippen molar-refractivity contribution < 1.29 is 14.7 Å². The number of hydrogen-bond donors (Lipinski definition) is 2. The van der Waals surface area contributed by atoms with Crippen LogP contribution < -0.4 is 5.32 Å². The molecule has 6 heteroatoms. The number of nitrogens with zero attached hydrogens (tertiary/aromatic N) is 2. The van der Waals surface area contributed by atoms with Crippen molar-refractivity contribution in [3.63, 3.8) is 0 Å². The van der Waals surface area contributed by atoms with Gasteiger partial charge in [0.25, 0.3) is 0 Å². The van der Waals surface area contributed by atoms with E-state index in [2.05, 4.69) is 17.2 Å². The second-order valence-corrected chi connectivity index (χ2v) is 5.36. The minimum absolute atomic E-state index is 0.101. The molecule has 114 valence electrons. The summed E-state index contributed by atoms with van der Waals surface area (Å²) in [5.41, 5.74) is 0.727. The first-order valence-corrected chi connectivity index (χ1v) is 7.31. The lowest BCUT2D eigenvalue weighted by Gasteiger charge is -2.32. The highest BCUT2D eigenvalue weighted by Gasteiger charge is 2.22. The van der Waals surface area contributed by atoms with Crippen molar-refractivity contribution in [2.24, 2.45) is 5.92 Å². The Morgan fingerprint density at radius 3 is 3.05 bits per heavy atom. The Hall–Kier alpha value is -2.11. The first-order valence-electron chi connectivity index (χ1n) is 7.31. The van der Waals surface area contributed by atoms with Crippen LogP contribution in [0.25, 0.3) is 0 Å². The number of amides is 2. The number of hydrogen-bond acceptors (Lipinski definition) is 3. The largest absolute Gasteiger partial charge is 0.478 e. The number of carboxylic acid groups (broad SMARTS) is 1. The quantitative estimate of drug-likeness (QED) is 0.890. The van der Waals surface area contributed by atoms with Crippen LogP contribution >= 0.6 is 0 Å². The number of piperidine rings is 1. The lowest BCUT2D eigenvalue weighted by Crippen LogP contribution is -2.45. The van der Waals surface area contributed by atoms with Gasteiger partial charge in [-0.1, -0.05) is 13.3 Å². The average molecular weight is 291 g/mol. The van der Waals surface area contributed by atoms with Gasteiger partial charge in [0.1, 0.15) is 0 Å². The molecule has 2 N–H and O–H groups in total. The van der Waals surface area contributed by atoms with Gasteiger partial charge in [0.2, 0.25) is 0 Å². The normalized spacial score (nSPS) is 18.3. The summed E-state index contributed by atoms with van der Waals surface area (Å²) in [6.45, 7) is 3.97. The fourth-order valence-electron chi connectivity index (χ4n) is 2.57. The fraction of sp³-hybridized carbons (Fsp3) is 0.533. The van der Waals surface area contributed by atoms with Crippen LogP contribution in [-0.4, -0.2) is 40.1 Å². The van der Waals surface area contributed by atoms with Gasteiger partial charge in [0, 0.05) is 19.3 Å². The van der Waals surface area contributed by atoms with Crippen molar-refractivity contribution >= 4 is 12.0 Å². The van der Waals surface area contributed by atoms with Crippen LogP contribution in [0.2, 0.25) is 0 Å². The van der Waals surface area contributed by atoms with Crippen molar-refractivity contribution in [2.75, 3.05) is 13.1 Å². The van der Waals surface area contributed by atoms with Gasteiger partial charge >= 0.3 is 12.0 Å². The van der Waals surface area contributed by atoms with E-state index in [1.54, 1.807) is 0 Å². The van der Waals surface area contributed by atoms with E-state index in [1.165, 1.54) is 24.8 Å².